The summed E-state index contributed by atoms with van der Waals surface area (Å²) in [6.45, 7) is 8.73. The lowest BCUT2D eigenvalue weighted by atomic mass is 10.0. The minimum atomic E-state index is 0.630. The number of benzene rings is 1. The molecule has 1 fully saturated rings. The molecule has 1 aromatic heterocycles. The summed E-state index contributed by atoms with van der Waals surface area (Å²) >= 11 is 0. The van der Waals surface area contributed by atoms with E-state index >= 15 is 0 Å². The number of hydrogen-bond acceptors (Lipinski definition) is 4. The highest BCUT2D eigenvalue weighted by atomic mass is 15.1. The zero-order valence-corrected chi connectivity index (χ0v) is 15.7. The lowest BCUT2D eigenvalue weighted by Gasteiger charge is -2.35. The molecular weight excluding hydrogens is 308 g/mol. The van der Waals surface area contributed by atoms with Gasteiger partial charge in [0.1, 0.15) is 5.82 Å². The van der Waals surface area contributed by atoms with Gasteiger partial charge in [0.25, 0.3) is 0 Å². The fourth-order valence-electron chi connectivity index (χ4n) is 3.70. The van der Waals surface area contributed by atoms with Crippen LogP contribution in [0.1, 0.15) is 45.4 Å². The van der Waals surface area contributed by atoms with E-state index in [0.29, 0.717) is 12.1 Å². The van der Waals surface area contributed by atoms with Crippen molar-refractivity contribution in [3.05, 3.63) is 42.4 Å². The lowest BCUT2D eigenvalue weighted by molar-refractivity contribution is 0.365. The summed E-state index contributed by atoms with van der Waals surface area (Å²) in [7, 11) is 0. The van der Waals surface area contributed by atoms with Crippen LogP contribution >= 0.6 is 0 Å². The van der Waals surface area contributed by atoms with Crippen LogP contribution in [0.4, 0.5) is 5.69 Å². The van der Waals surface area contributed by atoms with Crippen molar-refractivity contribution in [3.63, 3.8) is 0 Å². The zero-order valence-electron chi connectivity index (χ0n) is 15.7. The van der Waals surface area contributed by atoms with Crippen LogP contribution in [0, 0.1) is 6.92 Å². The summed E-state index contributed by atoms with van der Waals surface area (Å²) in [4.78, 5) is 11.2. The van der Waals surface area contributed by atoms with E-state index in [4.69, 9.17) is 0 Å². The van der Waals surface area contributed by atoms with E-state index in [1.807, 2.05) is 19.2 Å². The van der Waals surface area contributed by atoms with Gasteiger partial charge < -0.3 is 10.2 Å². The van der Waals surface area contributed by atoms with Crippen LogP contribution in [0.15, 0.2) is 36.5 Å². The van der Waals surface area contributed by atoms with E-state index in [9.17, 15) is 0 Å². The highest BCUT2D eigenvalue weighted by Crippen LogP contribution is 2.26. The van der Waals surface area contributed by atoms with Crippen LogP contribution in [0.5, 0.6) is 0 Å². The highest BCUT2D eigenvalue weighted by Gasteiger charge is 2.20. The Balaban J connectivity index is 1.63. The molecule has 2 heterocycles. The molecule has 0 amide bonds. The maximum Gasteiger partial charge on any atom is 0.125 e. The number of aryl methyl sites for hydroxylation is 1. The summed E-state index contributed by atoms with van der Waals surface area (Å²) in [5.74, 6) is 0.816. The standard InChI is InChI=1S/C21H30N4/c1-4-6-16(2)23-19-10-13-25(14-11-19)20-8-5-7-18(15-20)21-9-12-22-17(3)24-21/h5,7-9,12,15-16,19,23H,4,6,10-11,13-14H2,1-3H3. The predicted molar refractivity (Wildman–Crippen MR) is 105 cm³/mol. The van der Waals surface area contributed by atoms with Crippen LogP contribution in [-0.4, -0.2) is 35.1 Å². The monoisotopic (exact) mass is 338 g/mol. The first-order valence-corrected chi connectivity index (χ1v) is 9.57. The van der Waals surface area contributed by atoms with Crippen molar-refractivity contribution >= 4 is 5.69 Å². The third-order valence-electron chi connectivity index (χ3n) is 5.02. The Hall–Kier alpha value is -1.94. The molecule has 0 saturated carbocycles. The molecule has 0 spiro atoms. The van der Waals surface area contributed by atoms with Crippen molar-refractivity contribution in [1.29, 1.82) is 0 Å². The molecule has 0 aliphatic carbocycles. The topological polar surface area (TPSA) is 41.0 Å². The van der Waals surface area contributed by atoms with Gasteiger partial charge in [-0.05, 0) is 51.3 Å². The van der Waals surface area contributed by atoms with Crippen LogP contribution < -0.4 is 10.2 Å². The van der Waals surface area contributed by atoms with Crippen LogP contribution in [-0.2, 0) is 0 Å². The summed E-state index contributed by atoms with van der Waals surface area (Å²) in [5.41, 5.74) is 3.47. The highest BCUT2D eigenvalue weighted by molar-refractivity contribution is 5.65. The number of hydrogen-bond donors (Lipinski definition) is 1. The molecule has 25 heavy (non-hydrogen) atoms. The molecule has 1 unspecified atom stereocenters. The van der Waals surface area contributed by atoms with Gasteiger partial charge in [-0.25, -0.2) is 9.97 Å². The molecule has 0 bridgehead atoms. The summed E-state index contributed by atoms with van der Waals surface area (Å²) in [5, 5.41) is 3.79. The van der Waals surface area contributed by atoms with Gasteiger partial charge in [0.15, 0.2) is 0 Å². The molecular formula is C21H30N4. The summed E-state index contributed by atoms with van der Waals surface area (Å²) in [6, 6.07) is 12.0. The minimum Gasteiger partial charge on any atom is -0.371 e. The molecule has 1 N–H and O–H groups in total. The fourth-order valence-corrected chi connectivity index (χ4v) is 3.70. The van der Waals surface area contributed by atoms with E-state index in [0.717, 1.165) is 24.6 Å². The number of nitrogens with zero attached hydrogens (tertiary/aromatic N) is 3. The first-order chi connectivity index (χ1) is 12.2. The van der Waals surface area contributed by atoms with E-state index in [1.165, 1.54) is 36.9 Å². The third-order valence-corrected chi connectivity index (χ3v) is 5.02. The van der Waals surface area contributed by atoms with Crippen LogP contribution in [0.2, 0.25) is 0 Å². The zero-order chi connectivity index (χ0) is 17.6. The minimum absolute atomic E-state index is 0.630. The third kappa shape index (κ3) is 4.79. The van der Waals surface area contributed by atoms with Gasteiger partial charge in [-0.15, -0.1) is 0 Å². The molecule has 1 aromatic carbocycles. The SMILES string of the molecule is CCCC(C)NC1CCN(c2cccc(-c3ccnc(C)n3)c2)CC1. The molecule has 4 nitrogen and oxygen atoms in total. The molecule has 4 heteroatoms. The van der Waals surface area contributed by atoms with Crippen molar-refractivity contribution in [3.8, 4) is 11.3 Å². The predicted octanol–water partition coefficient (Wildman–Crippen LogP) is 4.20. The van der Waals surface area contributed by atoms with Crippen molar-refractivity contribution in [1.82, 2.24) is 15.3 Å². The lowest BCUT2D eigenvalue weighted by Crippen LogP contribution is -2.45. The molecule has 0 radical (unpaired) electrons. The number of nitrogens with one attached hydrogen (secondary N) is 1. The van der Waals surface area contributed by atoms with E-state index in [2.05, 4.69) is 58.3 Å². The van der Waals surface area contributed by atoms with Gasteiger partial charge in [-0.3, -0.25) is 0 Å². The van der Waals surface area contributed by atoms with Crippen molar-refractivity contribution < 1.29 is 0 Å². The van der Waals surface area contributed by atoms with E-state index in [-0.39, 0.29) is 0 Å². The second kappa shape index (κ2) is 8.43. The van der Waals surface area contributed by atoms with Crippen molar-refractivity contribution in [2.24, 2.45) is 0 Å². The Morgan fingerprint density at radius 2 is 2.04 bits per heavy atom. The molecule has 1 saturated heterocycles. The summed E-state index contributed by atoms with van der Waals surface area (Å²) < 4.78 is 0. The molecule has 3 rings (SSSR count). The average Bonchev–Trinajstić information content (AvgIpc) is 2.63. The maximum absolute atomic E-state index is 4.55. The van der Waals surface area contributed by atoms with Crippen molar-refractivity contribution in [2.75, 3.05) is 18.0 Å². The second-order valence-corrected chi connectivity index (χ2v) is 7.16. The molecule has 134 valence electrons. The van der Waals surface area contributed by atoms with Crippen LogP contribution in [0.3, 0.4) is 0 Å². The van der Waals surface area contributed by atoms with Crippen molar-refractivity contribution in [2.45, 2.75) is 58.5 Å². The normalized spacial score (nSPS) is 16.8. The first-order valence-electron chi connectivity index (χ1n) is 9.57. The average molecular weight is 338 g/mol. The van der Waals surface area contributed by atoms with Gasteiger partial charge in [-0.2, -0.15) is 0 Å². The number of anilines is 1. The second-order valence-electron chi connectivity index (χ2n) is 7.16. The van der Waals surface area contributed by atoms with Gasteiger partial charge in [-0.1, -0.05) is 25.5 Å². The largest absolute Gasteiger partial charge is 0.371 e. The number of rotatable bonds is 6. The Morgan fingerprint density at radius 1 is 1.24 bits per heavy atom. The quantitative estimate of drug-likeness (QED) is 0.857. The van der Waals surface area contributed by atoms with Gasteiger partial charge in [0.05, 0.1) is 5.69 Å². The van der Waals surface area contributed by atoms with E-state index in [1.54, 1.807) is 0 Å². The Kier molecular flexibility index (Phi) is 6.03. The molecule has 1 aliphatic rings. The van der Waals surface area contributed by atoms with Gasteiger partial charge >= 0.3 is 0 Å². The van der Waals surface area contributed by atoms with Crippen LogP contribution in [0.25, 0.3) is 11.3 Å². The number of piperidine rings is 1. The van der Waals surface area contributed by atoms with Gasteiger partial charge in [0.2, 0.25) is 0 Å². The molecule has 1 aliphatic heterocycles. The Morgan fingerprint density at radius 3 is 2.76 bits per heavy atom. The first kappa shape index (κ1) is 17.9. The van der Waals surface area contributed by atoms with Gasteiger partial charge in [0, 0.05) is 42.6 Å². The molecule has 2 aromatic rings. The maximum atomic E-state index is 4.55. The summed E-state index contributed by atoms with van der Waals surface area (Å²) in [6.07, 6.45) is 6.78. The smallest absolute Gasteiger partial charge is 0.125 e. The Bertz CT molecular complexity index is 677. The molecule has 1 atom stereocenters. The number of aromatic nitrogens is 2. The van der Waals surface area contributed by atoms with E-state index < -0.39 is 0 Å². The Labute approximate surface area is 151 Å². The fraction of sp³-hybridized carbons (Fsp3) is 0.524.